The molecule has 4 aliphatic rings. The molecule has 5 N–H and O–H groups in total. The third-order valence-corrected chi connectivity index (χ3v) is 11.0. The van der Waals surface area contributed by atoms with Gasteiger partial charge in [-0.05, 0) is 99.6 Å². The summed E-state index contributed by atoms with van der Waals surface area (Å²) in [5.41, 5.74) is 9.69. The van der Waals surface area contributed by atoms with Crippen molar-refractivity contribution in [1.82, 2.24) is 25.4 Å². The van der Waals surface area contributed by atoms with Crippen molar-refractivity contribution in [3.8, 4) is 0 Å². The molecule has 57 heavy (non-hydrogen) atoms. The van der Waals surface area contributed by atoms with Crippen LogP contribution in [0.1, 0.15) is 106 Å². The molecule has 0 bridgehead atoms. The average molecular weight is 781 g/mol. The van der Waals surface area contributed by atoms with E-state index in [0.717, 1.165) is 75.5 Å². The summed E-state index contributed by atoms with van der Waals surface area (Å²) in [6, 6.07) is 6.93. The van der Waals surface area contributed by atoms with Gasteiger partial charge in [-0.25, -0.2) is 4.99 Å². The van der Waals surface area contributed by atoms with E-state index in [1.807, 2.05) is 24.8 Å². The minimum absolute atomic E-state index is 0.0412. The van der Waals surface area contributed by atoms with Gasteiger partial charge in [0.1, 0.15) is 18.2 Å². The Hall–Kier alpha value is -5.21. The number of nitrogens with one attached hydrogen (secondary N) is 3. The Labute approximate surface area is 334 Å². The lowest BCUT2D eigenvalue weighted by Crippen LogP contribution is -2.36. The number of imide groups is 1. The number of hydrogen-bond donors (Lipinski definition) is 4. The number of aliphatic imine (C=N–C) groups is 1. The Balaban J connectivity index is 0.867. The van der Waals surface area contributed by atoms with Gasteiger partial charge in [0.2, 0.25) is 11.8 Å². The van der Waals surface area contributed by atoms with Crippen LogP contribution in [0.4, 0.5) is 11.4 Å². The number of rotatable bonds is 19. The normalized spacial score (nSPS) is 21.3. The minimum atomic E-state index is -0.345. The number of anilines is 1. The molecule has 5 amide bonds. The molecule has 1 aromatic heterocycles. The molecule has 3 aliphatic heterocycles. The number of ether oxygens (including phenoxy) is 1. The predicted molar refractivity (Wildman–Crippen MR) is 218 cm³/mol. The largest absolute Gasteiger partial charge is 0.387 e. The molecule has 0 radical (unpaired) electrons. The van der Waals surface area contributed by atoms with Gasteiger partial charge in [-0.15, -0.1) is 0 Å². The fraction of sp³-hybridized carbons (Fsp3) is 0.512. The molecule has 6 rings (SSSR count). The zero-order valence-corrected chi connectivity index (χ0v) is 33.1. The smallest absolute Gasteiger partial charge is 0.255 e. The van der Waals surface area contributed by atoms with Crippen LogP contribution in [0.5, 0.6) is 0 Å². The summed E-state index contributed by atoms with van der Waals surface area (Å²) in [6.07, 6.45) is 17.2. The van der Waals surface area contributed by atoms with Crippen LogP contribution < -0.4 is 21.7 Å². The fourth-order valence-corrected chi connectivity index (χ4v) is 7.92. The molecule has 2 aromatic rings. The number of unbranched alkanes of at least 4 members (excludes halogenated alkanes) is 2. The lowest BCUT2D eigenvalue weighted by Gasteiger charge is -2.30. The first-order valence-electron chi connectivity index (χ1n) is 20.5. The van der Waals surface area contributed by atoms with Gasteiger partial charge >= 0.3 is 0 Å². The van der Waals surface area contributed by atoms with Gasteiger partial charge in [0.25, 0.3) is 17.7 Å². The molecule has 2 unspecified atom stereocenters. The van der Waals surface area contributed by atoms with Crippen LogP contribution in [-0.2, 0) is 30.5 Å². The number of carbonyl (C=O) groups is 5. The van der Waals surface area contributed by atoms with Crippen LogP contribution in [0, 0.1) is 11.8 Å². The molecule has 304 valence electrons. The van der Waals surface area contributed by atoms with Crippen molar-refractivity contribution >= 4 is 52.8 Å². The Bertz CT molecular complexity index is 1880. The highest BCUT2D eigenvalue weighted by molar-refractivity contribution is 6.13. The van der Waals surface area contributed by atoms with Crippen LogP contribution in [0.15, 0.2) is 59.4 Å². The number of hydrogen-bond acceptors (Lipinski definition) is 10. The van der Waals surface area contributed by atoms with Gasteiger partial charge < -0.3 is 26.0 Å². The third kappa shape index (κ3) is 11.4. The molecule has 1 saturated heterocycles. The molecule has 14 nitrogen and oxygen atoms in total. The van der Waals surface area contributed by atoms with Gasteiger partial charge in [0.15, 0.2) is 0 Å². The summed E-state index contributed by atoms with van der Waals surface area (Å²) >= 11 is 0. The molecule has 4 heterocycles. The van der Waals surface area contributed by atoms with Gasteiger partial charge in [-0.1, -0.05) is 26.3 Å². The Morgan fingerprint density at radius 2 is 1.72 bits per heavy atom. The van der Waals surface area contributed by atoms with Crippen molar-refractivity contribution in [2.75, 3.05) is 31.5 Å². The standard InChI is InChI=1S/C43H56N8O6/c1-3-18-50(19-4-2)43(56)33-21-31-13-14-32(22-35(31)49-36(44)23-33)41(55)48-34-20-29(24-45-26-34)25-47-37(52)8-6-5-7-17-46-42-40(57-42)30-11-9-28(10-12-30)27-51-38(53)15-16-39(51)54/h13-16,20-22,24,26,28,30,40,42,46H,3-12,17-19,23,25,27H2,1-2H3,(H2,44,49)(H,47,52)(H,48,55). The van der Waals surface area contributed by atoms with Gasteiger partial charge in [-0.2, -0.15) is 0 Å². The number of nitrogens with zero attached hydrogens (tertiary/aromatic N) is 4. The van der Waals surface area contributed by atoms with E-state index in [2.05, 4.69) is 25.9 Å². The first-order chi connectivity index (χ1) is 27.6. The van der Waals surface area contributed by atoms with Crippen LogP contribution in [0.25, 0.3) is 6.08 Å². The SMILES string of the molecule is CCCN(CCC)C(=O)C1=Cc2ccc(C(=O)Nc3cncc(CNC(=O)CCCCCNC4OC4C4CCC(CN5C(=O)C=CC5=O)CC4)c3)cc2N=C(N)C1. The second-order valence-corrected chi connectivity index (χ2v) is 15.5. The highest BCUT2D eigenvalue weighted by Gasteiger charge is 2.45. The third-order valence-electron chi connectivity index (χ3n) is 11.0. The minimum Gasteiger partial charge on any atom is -0.387 e. The first-order valence-corrected chi connectivity index (χ1v) is 20.5. The van der Waals surface area contributed by atoms with E-state index in [1.54, 1.807) is 36.7 Å². The van der Waals surface area contributed by atoms with Crippen molar-refractivity contribution in [1.29, 1.82) is 0 Å². The topological polar surface area (TPSA) is 192 Å². The Morgan fingerprint density at radius 1 is 0.965 bits per heavy atom. The highest BCUT2D eigenvalue weighted by atomic mass is 16.6. The molecular weight excluding hydrogens is 725 g/mol. The summed E-state index contributed by atoms with van der Waals surface area (Å²) in [7, 11) is 0. The van der Waals surface area contributed by atoms with E-state index in [1.165, 1.54) is 17.1 Å². The van der Waals surface area contributed by atoms with E-state index in [9.17, 15) is 24.0 Å². The van der Waals surface area contributed by atoms with E-state index in [0.29, 0.717) is 72.8 Å². The van der Waals surface area contributed by atoms with Crippen molar-refractivity contribution < 1.29 is 28.7 Å². The number of benzene rings is 1. The lowest BCUT2D eigenvalue weighted by atomic mass is 9.80. The Morgan fingerprint density at radius 3 is 2.46 bits per heavy atom. The fourth-order valence-electron chi connectivity index (χ4n) is 7.92. The van der Waals surface area contributed by atoms with Crippen molar-refractivity contribution in [3.05, 3.63) is 71.1 Å². The zero-order chi connectivity index (χ0) is 40.3. The average Bonchev–Trinajstić information content (AvgIpc) is 3.95. The molecule has 1 aliphatic carbocycles. The molecule has 1 saturated carbocycles. The second kappa shape index (κ2) is 19.8. The maximum atomic E-state index is 13.3. The number of nitrogens with two attached hydrogens (primary N) is 1. The summed E-state index contributed by atoms with van der Waals surface area (Å²) in [6.45, 7) is 7.08. The van der Waals surface area contributed by atoms with Crippen molar-refractivity contribution in [2.24, 2.45) is 22.6 Å². The zero-order valence-electron chi connectivity index (χ0n) is 33.1. The number of amides is 5. The van der Waals surface area contributed by atoms with E-state index >= 15 is 0 Å². The molecule has 14 heteroatoms. The molecule has 1 aromatic carbocycles. The van der Waals surface area contributed by atoms with Gasteiger partial charge in [-0.3, -0.25) is 39.2 Å². The van der Waals surface area contributed by atoms with Crippen LogP contribution >= 0.6 is 0 Å². The van der Waals surface area contributed by atoms with Crippen LogP contribution in [0.3, 0.4) is 0 Å². The summed E-state index contributed by atoms with van der Waals surface area (Å²) in [5, 5.41) is 9.33. The molecule has 2 atom stereocenters. The maximum absolute atomic E-state index is 13.3. The molecule has 0 spiro atoms. The van der Waals surface area contributed by atoms with Gasteiger partial charge in [0, 0.05) is 74.1 Å². The van der Waals surface area contributed by atoms with Crippen LogP contribution in [0.2, 0.25) is 0 Å². The number of epoxide rings is 1. The molecule has 2 fully saturated rings. The first kappa shape index (κ1) is 41.4. The highest BCUT2D eigenvalue weighted by Crippen LogP contribution is 2.39. The van der Waals surface area contributed by atoms with Crippen molar-refractivity contribution in [2.45, 2.75) is 103 Å². The quantitative estimate of drug-likeness (QED) is 0.0865. The Kier molecular flexibility index (Phi) is 14.4. The second-order valence-electron chi connectivity index (χ2n) is 15.5. The number of pyridine rings is 1. The van der Waals surface area contributed by atoms with Crippen molar-refractivity contribution in [3.63, 3.8) is 0 Å². The lowest BCUT2D eigenvalue weighted by molar-refractivity contribution is -0.137. The maximum Gasteiger partial charge on any atom is 0.255 e. The number of carbonyl (C=O) groups excluding carboxylic acids is 5. The number of amidine groups is 1. The monoisotopic (exact) mass is 780 g/mol. The van der Waals surface area contributed by atoms with E-state index < -0.39 is 0 Å². The summed E-state index contributed by atoms with van der Waals surface area (Å²) in [5.74, 6) is 0.347. The molecular formula is C43H56N8O6. The van der Waals surface area contributed by atoms with E-state index in [4.69, 9.17) is 10.5 Å². The van der Waals surface area contributed by atoms with Gasteiger partial charge in [0.05, 0.1) is 17.6 Å². The summed E-state index contributed by atoms with van der Waals surface area (Å²) < 4.78 is 5.93. The number of fused-ring (bicyclic) bond motifs is 1. The predicted octanol–water partition coefficient (Wildman–Crippen LogP) is 4.98. The van der Waals surface area contributed by atoms with E-state index in [-0.39, 0.29) is 48.3 Å². The number of aromatic nitrogens is 1. The summed E-state index contributed by atoms with van der Waals surface area (Å²) in [4.78, 5) is 74.9. The van der Waals surface area contributed by atoms with Crippen LogP contribution in [-0.4, -0.2) is 88.7 Å².